The molecular weight excluding hydrogens is 288 g/mol. The summed E-state index contributed by atoms with van der Waals surface area (Å²) in [5.74, 6) is 0. The predicted octanol–water partition coefficient (Wildman–Crippen LogP) is 2.33. The molecule has 0 saturated heterocycles. The van der Waals surface area contributed by atoms with Crippen molar-refractivity contribution in [1.29, 1.82) is 0 Å². The Morgan fingerprint density at radius 3 is 2.57 bits per heavy atom. The van der Waals surface area contributed by atoms with Crippen LogP contribution in [0.25, 0.3) is 0 Å². The van der Waals surface area contributed by atoms with Crippen LogP contribution < -0.4 is 10.0 Å². The quantitative estimate of drug-likeness (QED) is 0.885. The third kappa shape index (κ3) is 4.42. The van der Waals surface area contributed by atoms with Crippen molar-refractivity contribution in [2.75, 3.05) is 16.3 Å². The van der Waals surface area contributed by atoms with Crippen LogP contribution in [-0.4, -0.2) is 24.6 Å². The molecule has 0 aliphatic carbocycles. The van der Waals surface area contributed by atoms with Gasteiger partial charge in [-0.05, 0) is 37.6 Å². The molecule has 6 nitrogen and oxygen atoms in total. The van der Waals surface area contributed by atoms with Crippen molar-refractivity contribution < 1.29 is 8.42 Å². The first kappa shape index (κ1) is 15.2. The Balaban J connectivity index is 2.14. The molecule has 0 spiro atoms. The number of anilines is 2. The van der Waals surface area contributed by atoms with Crippen LogP contribution in [0.15, 0.2) is 36.8 Å². The first-order chi connectivity index (χ1) is 9.85. The van der Waals surface area contributed by atoms with Gasteiger partial charge in [-0.1, -0.05) is 0 Å². The van der Waals surface area contributed by atoms with Gasteiger partial charge in [-0.15, -0.1) is 0 Å². The zero-order valence-electron chi connectivity index (χ0n) is 12.2. The van der Waals surface area contributed by atoms with Gasteiger partial charge in [0.1, 0.15) is 0 Å². The van der Waals surface area contributed by atoms with Gasteiger partial charge in [-0.3, -0.25) is 14.7 Å². The fourth-order valence-corrected chi connectivity index (χ4v) is 2.55. The molecule has 2 rings (SSSR count). The molecule has 7 heteroatoms. The van der Waals surface area contributed by atoms with Crippen LogP contribution in [0.1, 0.15) is 24.2 Å². The number of rotatable bonds is 5. The van der Waals surface area contributed by atoms with Crippen molar-refractivity contribution in [3.63, 3.8) is 0 Å². The molecule has 0 radical (unpaired) electrons. The summed E-state index contributed by atoms with van der Waals surface area (Å²) >= 11 is 0. The van der Waals surface area contributed by atoms with Crippen molar-refractivity contribution in [2.45, 2.75) is 19.9 Å². The number of nitrogens with zero attached hydrogens (tertiary/aromatic N) is 2. The van der Waals surface area contributed by atoms with E-state index >= 15 is 0 Å². The van der Waals surface area contributed by atoms with Crippen LogP contribution in [0.5, 0.6) is 0 Å². The zero-order valence-corrected chi connectivity index (χ0v) is 13.0. The molecule has 1 heterocycles. The highest BCUT2D eigenvalue weighted by Gasteiger charge is 2.09. The van der Waals surface area contributed by atoms with E-state index in [4.69, 9.17) is 0 Å². The maximum absolute atomic E-state index is 11.3. The van der Waals surface area contributed by atoms with Gasteiger partial charge in [0.05, 0.1) is 29.9 Å². The second-order valence-electron chi connectivity index (χ2n) is 4.90. The monoisotopic (exact) mass is 306 g/mol. The largest absolute Gasteiger partial charge is 0.377 e. The molecule has 0 fully saturated rings. The van der Waals surface area contributed by atoms with Crippen LogP contribution in [0, 0.1) is 6.92 Å². The van der Waals surface area contributed by atoms with Crippen molar-refractivity contribution in [1.82, 2.24) is 9.97 Å². The molecule has 1 unspecified atom stereocenters. The van der Waals surface area contributed by atoms with Gasteiger partial charge in [0.15, 0.2) is 0 Å². The molecule has 112 valence electrons. The molecule has 1 aromatic carbocycles. The number of aromatic nitrogens is 2. The van der Waals surface area contributed by atoms with Gasteiger partial charge in [0.25, 0.3) is 0 Å². The van der Waals surface area contributed by atoms with Gasteiger partial charge in [0, 0.05) is 18.1 Å². The molecule has 0 bridgehead atoms. The highest BCUT2D eigenvalue weighted by Crippen LogP contribution is 2.23. The second kappa shape index (κ2) is 6.09. The highest BCUT2D eigenvalue weighted by atomic mass is 32.2. The predicted molar refractivity (Wildman–Crippen MR) is 83.7 cm³/mol. The van der Waals surface area contributed by atoms with E-state index in [0.717, 1.165) is 23.2 Å². The first-order valence-corrected chi connectivity index (χ1v) is 8.35. The summed E-state index contributed by atoms with van der Waals surface area (Å²) < 4.78 is 25.0. The minimum absolute atomic E-state index is 0.00631. The van der Waals surface area contributed by atoms with Gasteiger partial charge in [0.2, 0.25) is 10.0 Å². The standard InChI is InChI=1S/C14H18N4O2S/c1-10-8-12(4-5-13(10)18-21(3,19)20)17-11(2)14-9-15-6-7-16-14/h4-9,11,17-18H,1-3H3. The zero-order chi connectivity index (χ0) is 15.5. The van der Waals surface area contributed by atoms with Crippen molar-refractivity contribution in [3.8, 4) is 0 Å². The minimum atomic E-state index is -3.27. The van der Waals surface area contributed by atoms with Crippen LogP contribution in [0.3, 0.4) is 0 Å². The molecule has 21 heavy (non-hydrogen) atoms. The van der Waals surface area contributed by atoms with E-state index in [1.807, 2.05) is 26.0 Å². The third-order valence-electron chi connectivity index (χ3n) is 2.93. The lowest BCUT2D eigenvalue weighted by atomic mass is 10.1. The van der Waals surface area contributed by atoms with E-state index in [0.29, 0.717) is 5.69 Å². The summed E-state index contributed by atoms with van der Waals surface area (Å²) in [6, 6.07) is 5.46. The van der Waals surface area contributed by atoms with E-state index in [2.05, 4.69) is 20.0 Å². The number of hydrogen-bond acceptors (Lipinski definition) is 5. The fourth-order valence-electron chi connectivity index (χ4n) is 1.93. The Bertz CT molecular complexity index is 717. The first-order valence-electron chi connectivity index (χ1n) is 6.46. The van der Waals surface area contributed by atoms with Crippen molar-refractivity contribution in [3.05, 3.63) is 48.0 Å². The van der Waals surface area contributed by atoms with E-state index in [9.17, 15) is 8.42 Å². The summed E-state index contributed by atoms with van der Waals surface area (Å²) in [5.41, 5.74) is 3.16. The summed E-state index contributed by atoms with van der Waals surface area (Å²) in [6.07, 6.45) is 6.13. The highest BCUT2D eigenvalue weighted by molar-refractivity contribution is 7.92. The summed E-state index contributed by atoms with van der Waals surface area (Å²) in [5, 5.41) is 3.31. The maximum atomic E-state index is 11.3. The lowest BCUT2D eigenvalue weighted by Crippen LogP contribution is -2.11. The SMILES string of the molecule is Cc1cc(NC(C)c2cnccn2)ccc1NS(C)(=O)=O. The van der Waals surface area contributed by atoms with E-state index < -0.39 is 10.0 Å². The Hall–Kier alpha value is -2.15. The van der Waals surface area contributed by atoms with Gasteiger partial charge in [-0.25, -0.2) is 8.42 Å². The van der Waals surface area contributed by atoms with Gasteiger partial charge < -0.3 is 5.32 Å². The lowest BCUT2D eigenvalue weighted by Gasteiger charge is -2.16. The summed E-state index contributed by atoms with van der Waals surface area (Å²) in [6.45, 7) is 3.84. The molecule has 0 saturated carbocycles. The molecular formula is C14H18N4O2S. The lowest BCUT2D eigenvalue weighted by molar-refractivity contribution is 0.607. The number of benzene rings is 1. The third-order valence-corrected chi connectivity index (χ3v) is 3.52. The number of nitrogens with one attached hydrogen (secondary N) is 2. The van der Waals surface area contributed by atoms with Crippen molar-refractivity contribution in [2.24, 2.45) is 0 Å². The Morgan fingerprint density at radius 1 is 1.24 bits per heavy atom. The average molecular weight is 306 g/mol. The number of hydrogen-bond donors (Lipinski definition) is 2. The van der Waals surface area contributed by atoms with Crippen LogP contribution in [0.4, 0.5) is 11.4 Å². The normalized spacial score (nSPS) is 12.7. The molecule has 0 aliphatic heterocycles. The Labute approximate surface area is 124 Å². The van der Waals surface area contributed by atoms with Gasteiger partial charge >= 0.3 is 0 Å². The summed E-state index contributed by atoms with van der Waals surface area (Å²) in [4.78, 5) is 8.29. The second-order valence-corrected chi connectivity index (χ2v) is 6.65. The van der Waals surface area contributed by atoms with E-state index in [1.165, 1.54) is 0 Å². The summed E-state index contributed by atoms with van der Waals surface area (Å²) in [7, 11) is -3.27. The van der Waals surface area contributed by atoms with Crippen molar-refractivity contribution >= 4 is 21.4 Å². The smallest absolute Gasteiger partial charge is 0.229 e. The molecule has 1 aromatic heterocycles. The van der Waals surface area contributed by atoms with E-state index in [1.54, 1.807) is 24.7 Å². The minimum Gasteiger partial charge on any atom is -0.377 e. The average Bonchev–Trinajstić information content (AvgIpc) is 2.41. The molecule has 2 aromatic rings. The van der Waals surface area contributed by atoms with Crippen LogP contribution >= 0.6 is 0 Å². The molecule has 0 amide bonds. The van der Waals surface area contributed by atoms with Crippen LogP contribution in [-0.2, 0) is 10.0 Å². The molecule has 0 aliphatic rings. The maximum Gasteiger partial charge on any atom is 0.229 e. The van der Waals surface area contributed by atoms with Crippen LogP contribution in [0.2, 0.25) is 0 Å². The van der Waals surface area contributed by atoms with Gasteiger partial charge in [-0.2, -0.15) is 0 Å². The topological polar surface area (TPSA) is 84.0 Å². The van der Waals surface area contributed by atoms with E-state index in [-0.39, 0.29) is 6.04 Å². The number of sulfonamides is 1. The Morgan fingerprint density at radius 2 is 2.00 bits per heavy atom. The molecule has 1 atom stereocenters. The fraction of sp³-hybridized carbons (Fsp3) is 0.286. The number of aryl methyl sites for hydroxylation is 1. The molecule has 2 N–H and O–H groups in total. The Kier molecular flexibility index (Phi) is 4.42.